The van der Waals surface area contributed by atoms with Gasteiger partial charge >= 0.3 is 0 Å². The fraction of sp³-hybridized carbons (Fsp3) is 0.559. The van der Waals surface area contributed by atoms with E-state index in [1.165, 1.54) is 7.11 Å². The Kier molecular flexibility index (Phi) is 10.1. The summed E-state index contributed by atoms with van der Waals surface area (Å²) < 4.78 is 11.5. The van der Waals surface area contributed by atoms with Crippen LogP contribution in [0, 0.1) is 5.92 Å². The van der Waals surface area contributed by atoms with E-state index >= 15 is 0 Å². The van der Waals surface area contributed by atoms with Crippen molar-refractivity contribution in [2.45, 2.75) is 82.5 Å². The van der Waals surface area contributed by atoms with E-state index < -0.39 is 17.7 Å². The lowest BCUT2D eigenvalue weighted by Gasteiger charge is -2.52. The summed E-state index contributed by atoms with van der Waals surface area (Å²) in [5.41, 5.74) is 0.737. The van der Waals surface area contributed by atoms with Crippen LogP contribution in [0.25, 0.3) is 0 Å². The highest BCUT2D eigenvalue weighted by Crippen LogP contribution is 2.37. The summed E-state index contributed by atoms with van der Waals surface area (Å²) in [6.45, 7) is 4.72. The van der Waals surface area contributed by atoms with Crippen LogP contribution in [0.2, 0.25) is 0 Å². The SMILES string of the molecule is CCCCN1C(=O)[C@@H]([C@H](O)C2CCCC2)NC(=O)C12CCN(Cc1ccc(Oc3ccc(C(=O)NC)cc3OC)cc1)CC2. The van der Waals surface area contributed by atoms with Crippen LogP contribution in [0.5, 0.6) is 17.2 Å². The maximum absolute atomic E-state index is 13.8. The number of rotatable bonds is 11. The van der Waals surface area contributed by atoms with E-state index in [1.807, 2.05) is 29.2 Å². The van der Waals surface area contributed by atoms with Crippen LogP contribution in [0.3, 0.4) is 0 Å². The van der Waals surface area contributed by atoms with Crippen LogP contribution in [-0.2, 0) is 16.1 Å². The van der Waals surface area contributed by atoms with Crippen LogP contribution in [0.1, 0.15) is 74.2 Å². The Bertz CT molecular complexity index is 1320. The fourth-order valence-corrected chi connectivity index (χ4v) is 6.95. The van der Waals surface area contributed by atoms with Gasteiger partial charge in [0.15, 0.2) is 11.5 Å². The number of carbonyl (C=O) groups is 3. The number of unbranched alkanes of at least 4 members (excludes halogenated alkanes) is 1. The van der Waals surface area contributed by atoms with Crippen molar-refractivity contribution in [3.05, 3.63) is 53.6 Å². The van der Waals surface area contributed by atoms with Crippen LogP contribution < -0.4 is 20.1 Å². The lowest BCUT2D eigenvalue weighted by Crippen LogP contribution is -2.75. The average molecular weight is 607 g/mol. The summed E-state index contributed by atoms with van der Waals surface area (Å²) in [6, 6.07) is 12.1. The number of carbonyl (C=O) groups excluding carboxylic acids is 3. The number of benzene rings is 2. The fourth-order valence-electron chi connectivity index (χ4n) is 6.95. The summed E-state index contributed by atoms with van der Waals surface area (Å²) in [7, 11) is 3.12. The maximum atomic E-state index is 13.8. The second-order valence-electron chi connectivity index (χ2n) is 12.3. The first-order valence-corrected chi connectivity index (χ1v) is 16.0. The van der Waals surface area contributed by atoms with Crippen molar-refractivity contribution in [3.8, 4) is 17.2 Å². The van der Waals surface area contributed by atoms with Gasteiger partial charge in [-0.3, -0.25) is 19.3 Å². The van der Waals surface area contributed by atoms with E-state index in [0.29, 0.717) is 61.8 Å². The molecule has 3 amide bonds. The first-order chi connectivity index (χ1) is 21.3. The molecule has 2 saturated heterocycles. The van der Waals surface area contributed by atoms with Gasteiger partial charge in [0.05, 0.1) is 13.2 Å². The minimum Gasteiger partial charge on any atom is -0.493 e. The highest BCUT2D eigenvalue weighted by atomic mass is 16.5. The third-order valence-corrected chi connectivity index (χ3v) is 9.61. The standard InChI is InChI=1S/C34H46N4O6/c1-4-5-18-38-32(41)29(30(39)24-8-6-7-9-24)36-33(42)34(38)16-19-37(20-17-34)22-23-10-13-26(14-11-23)44-27-15-12-25(31(40)35-2)21-28(27)43-3/h10-15,21,24,29-30,39H,4-9,16-20,22H2,1-3H3,(H,35,40)(H,36,42)/t29-,30-/m1/s1. The summed E-state index contributed by atoms with van der Waals surface area (Å²) in [5, 5.41) is 16.6. The minimum atomic E-state index is -0.862. The smallest absolute Gasteiger partial charge is 0.251 e. The number of piperidine rings is 1. The van der Waals surface area contributed by atoms with Crippen molar-refractivity contribution in [2.24, 2.45) is 5.92 Å². The molecule has 2 heterocycles. The number of methoxy groups -OCH3 is 1. The molecular formula is C34H46N4O6. The number of nitrogens with one attached hydrogen (secondary N) is 2. The zero-order chi connectivity index (χ0) is 31.3. The first-order valence-electron chi connectivity index (χ1n) is 16.0. The Balaban J connectivity index is 1.21. The highest BCUT2D eigenvalue weighted by molar-refractivity contribution is 6.00. The predicted octanol–water partition coefficient (Wildman–Crippen LogP) is 3.86. The molecule has 2 aromatic carbocycles. The minimum absolute atomic E-state index is 0.0709. The number of piperazine rings is 1. The van der Waals surface area contributed by atoms with E-state index in [4.69, 9.17) is 9.47 Å². The Morgan fingerprint density at radius 2 is 1.80 bits per heavy atom. The lowest BCUT2D eigenvalue weighted by atomic mass is 9.80. The molecule has 2 atom stereocenters. The summed E-state index contributed by atoms with van der Waals surface area (Å²) in [4.78, 5) is 43.6. The number of hydrogen-bond acceptors (Lipinski definition) is 7. The first kappa shape index (κ1) is 31.8. The van der Waals surface area contributed by atoms with Gasteiger partial charge in [0.25, 0.3) is 5.91 Å². The molecule has 1 spiro atoms. The highest BCUT2D eigenvalue weighted by Gasteiger charge is 2.55. The topological polar surface area (TPSA) is 120 Å². The van der Waals surface area contributed by atoms with Crippen molar-refractivity contribution in [1.82, 2.24) is 20.4 Å². The second-order valence-corrected chi connectivity index (χ2v) is 12.3. The van der Waals surface area contributed by atoms with E-state index in [9.17, 15) is 19.5 Å². The number of aliphatic hydroxyl groups is 1. The molecule has 5 rings (SSSR count). The third kappa shape index (κ3) is 6.56. The van der Waals surface area contributed by atoms with E-state index in [-0.39, 0.29) is 23.6 Å². The number of aliphatic hydroxyl groups excluding tert-OH is 1. The summed E-state index contributed by atoms with van der Waals surface area (Å²) in [5.74, 6) is 1.26. The Morgan fingerprint density at radius 1 is 1.09 bits per heavy atom. The molecule has 3 fully saturated rings. The van der Waals surface area contributed by atoms with Crippen molar-refractivity contribution in [2.75, 3.05) is 33.8 Å². The van der Waals surface area contributed by atoms with Gasteiger partial charge in [-0.25, -0.2) is 0 Å². The quantitative estimate of drug-likeness (QED) is 0.355. The van der Waals surface area contributed by atoms with Crippen molar-refractivity contribution in [1.29, 1.82) is 0 Å². The monoisotopic (exact) mass is 606 g/mol. The molecule has 2 aliphatic heterocycles. The van der Waals surface area contributed by atoms with Gasteiger partial charge in [-0.15, -0.1) is 0 Å². The third-order valence-electron chi connectivity index (χ3n) is 9.61. The summed E-state index contributed by atoms with van der Waals surface area (Å²) >= 11 is 0. The van der Waals surface area contributed by atoms with E-state index in [1.54, 1.807) is 25.2 Å². The van der Waals surface area contributed by atoms with Gasteiger partial charge in [-0.1, -0.05) is 38.3 Å². The summed E-state index contributed by atoms with van der Waals surface area (Å²) in [6.07, 6.45) is 5.99. The van der Waals surface area contributed by atoms with Gasteiger partial charge in [0.2, 0.25) is 11.8 Å². The molecule has 44 heavy (non-hydrogen) atoms. The molecule has 10 nitrogen and oxygen atoms in total. The molecule has 0 bridgehead atoms. The van der Waals surface area contributed by atoms with Gasteiger partial charge in [0, 0.05) is 38.8 Å². The molecule has 3 aliphatic rings. The van der Waals surface area contributed by atoms with Gasteiger partial charge < -0.3 is 30.1 Å². The van der Waals surface area contributed by atoms with Crippen molar-refractivity contribution in [3.63, 3.8) is 0 Å². The molecule has 3 N–H and O–H groups in total. The number of likely N-dealkylation sites (tertiary alicyclic amines) is 1. The Hall–Kier alpha value is -3.63. The van der Waals surface area contributed by atoms with E-state index in [2.05, 4.69) is 22.5 Å². The zero-order valence-corrected chi connectivity index (χ0v) is 26.1. The van der Waals surface area contributed by atoms with Crippen LogP contribution in [-0.4, -0.2) is 84.1 Å². The molecule has 1 saturated carbocycles. The number of ether oxygens (including phenoxy) is 2. The predicted molar refractivity (Wildman–Crippen MR) is 167 cm³/mol. The van der Waals surface area contributed by atoms with Gasteiger partial charge in [0.1, 0.15) is 17.3 Å². The Morgan fingerprint density at radius 3 is 2.43 bits per heavy atom. The number of nitrogens with zero attached hydrogens (tertiary/aromatic N) is 2. The van der Waals surface area contributed by atoms with Crippen molar-refractivity contribution >= 4 is 17.7 Å². The van der Waals surface area contributed by atoms with Gasteiger partial charge in [-0.05, 0) is 73.9 Å². The Labute approximate surface area is 260 Å². The second kappa shape index (κ2) is 14.0. The van der Waals surface area contributed by atoms with Crippen LogP contribution in [0.4, 0.5) is 0 Å². The van der Waals surface area contributed by atoms with Crippen molar-refractivity contribution < 1.29 is 29.0 Å². The van der Waals surface area contributed by atoms with E-state index in [0.717, 1.165) is 44.1 Å². The largest absolute Gasteiger partial charge is 0.493 e. The molecule has 10 heteroatoms. The normalized spacial score (nSPS) is 21.3. The zero-order valence-electron chi connectivity index (χ0n) is 26.1. The lowest BCUT2D eigenvalue weighted by molar-refractivity contribution is -0.165. The molecule has 0 radical (unpaired) electrons. The molecule has 238 valence electrons. The molecule has 0 unspecified atom stereocenters. The molecule has 0 aromatic heterocycles. The maximum Gasteiger partial charge on any atom is 0.251 e. The molecule has 1 aliphatic carbocycles. The molecular weight excluding hydrogens is 560 g/mol. The number of hydrogen-bond donors (Lipinski definition) is 3. The number of amides is 3. The van der Waals surface area contributed by atoms with Crippen LogP contribution in [0.15, 0.2) is 42.5 Å². The average Bonchev–Trinajstić information content (AvgIpc) is 3.59. The van der Waals surface area contributed by atoms with Gasteiger partial charge in [-0.2, -0.15) is 0 Å². The molecule has 2 aromatic rings. The van der Waals surface area contributed by atoms with Crippen LogP contribution >= 0.6 is 0 Å².